The van der Waals surface area contributed by atoms with Gasteiger partial charge in [-0.2, -0.15) is 0 Å². The molecule has 0 amide bonds. The van der Waals surface area contributed by atoms with Crippen LogP contribution in [0.15, 0.2) is 6.07 Å². The normalized spacial score (nSPS) is 10.1. The maximum atomic E-state index is 13.2. The maximum Gasteiger partial charge on any atom is 0.168 e. The van der Waals surface area contributed by atoms with Crippen molar-refractivity contribution in [2.75, 3.05) is 30.9 Å². The van der Waals surface area contributed by atoms with E-state index in [0.717, 1.165) is 6.07 Å². The van der Waals surface area contributed by atoms with Gasteiger partial charge < -0.3 is 10.2 Å². The molecule has 0 aliphatic carbocycles. The van der Waals surface area contributed by atoms with Crippen molar-refractivity contribution in [1.82, 2.24) is 4.98 Å². The Labute approximate surface area is 81.8 Å². The van der Waals surface area contributed by atoms with Crippen LogP contribution >= 0.6 is 0 Å². The molecule has 0 unspecified atom stereocenters. The second-order valence-corrected chi connectivity index (χ2v) is 2.89. The monoisotopic (exact) mass is 201 g/mol. The summed E-state index contributed by atoms with van der Waals surface area (Å²) < 4.78 is 26.2. The van der Waals surface area contributed by atoms with E-state index in [9.17, 15) is 8.78 Å². The van der Waals surface area contributed by atoms with Crippen LogP contribution in [-0.4, -0.2) is 25.6 Å². The highest BCUT2D eigenvalue weighted by molar-refractivity contribution is 5.48. The van der Waals surface area contributed by atoms with E-state index in [-0.39, 0.29) is 11.6 Å². The van der Waals surface area contributed by atoms with E-state index < -0.39 is 11.6 Å². The van der Waals surface area contributed by atoms with Crippen LogP contribution in [0.4, 0.5) is 20.4 Å². The third-order valence-corrected chi connectivity index (χ3v) is 1.98. The lowest BCUT2D eigenvalue weighted by atomic mass is 10.3. The second-order valence-electron chi connectivity index (χ2n) is 2.89. The van der Waals surface area contributed by atoms with Gasteiger partial charge >= 0.3 is 0 Å². The molecule has 1 heterocycles. The number of halogens is 2. The Morgan fingerprint density at radius 2 is 2.07 bits per heavy atom. The second kappa shape index (κ2) is 4.21. The Kier molecular flexibility index (Phi) is 3.22. The lowest BCUT2D eigenvalue weighted by Crippen LogP contribution is -2.19. The third kappa shape index (κ3) is 1.92. The van der Waals surface area contributed by atoms with Gasteiger partial charge in [-0.25, -0.2) is 13.8 Å². The smallest absolute Gasteiger partial charge is 0.168 e. The summed E-state index contributed by atoms with van der Waals surface area (Å²) in [5.41, 5.74) is 0. The van der Waals surface area contributed by atoms with Gasteiger partial charge in [-0.15, -0.1) is 0 Å². The summed E-state index contributed by atoms with van der Waals surface area (Å²) in [7, 11) is 3.24. The number of rotatable bonds is 3. The molecule has 0 radical (unpaired) electrons. The quantitative estimate of drug-likeness (QED) is 0.809. The summed E-state index contributed by atoms with van der Waals surface area (Å²) in [5, 5.41) is 2.56. The Morgan fingerprint density at radius 3 is 2.57 bits per heavy atom. The first-order chi connectivity index (χ1) is 6.60. The van der Waals surface area contributed by atoms with Gasteiger partial charge in [0, 0.05) is 26.7 Å². The first-order valence-corrected chi connectivity index (χ1v) is 4.35. The molecule has 0 saturated carbocycles. The summed E-state index contributed by atoms with van der Waals surface area (Å²) >= 11 is 0. The zero-order chi connectivity index (χ0) is 10.7. The standard InChI is InChI=1S/C9H13F2N3/c1-4-14(3)9-7(11)5-6(10)8(12-2)13-9/h5H,4H2,1-3H3,(H,12,13). The molecule has 0 spiro atoms. The van der Waals surface area contributed by atoms with E-state index in [4.69, 9.17) is 0 Å². The maximum absolute atomic E-state index is 13.2. The van der Waals surface area contributed by atoms with Gasteiger partial charge in [0.05, 0.1) is 0 Å². The van der Waals surface area contributed by atoms with Crippen molar-refractivity contribution in [2.45, 2.75) is 6.92 Å². The lowest BCUT2D eigenvalue weighted by molar-refractivity contribution is 0.574. The van der Waals surface area contributed by atoms with Crippen molar-refractivity contribution in [3.05, 3.63) is 17.7 Å². The summed E-state index contributed by atoms with van der Waals surface area (Å²) in [5.74, 6) is -1.12. The SMILES string of the molecule is CCN(C)c1nc(NC)c(F)cc1F. The van der Waals surface area contributed by atoms with Gasteiger partial charge in [0.25, 0.3) is 0 Å². The fourth-order valence-corrected chi connectivity index (χ4v) is 1.05. The van der Waals surface area contributed by atoms with Crippen LogP contribution in [0.1, 0.15) is 6.92 Å². The van der Waals surface area contributed by atoms with Crippen molar-refractivity contribution in [1.29, 1.82) is 0 Å². The van der Waals surface area contributed by atoms with E-state index in [1.165, 1.54) is 0 Å². The van der Waals surface area contributed by atoms with Crippen molar-refractivity contribution in [3.63, 3.8) is 0 Å². The number of anilines is 2. The average Bonchev–Trinajstić information content (AvgIpc) is 2.17. The average molecular weight is 201 g/mol. The minimum Gasteiger partial charge on any atom is -0.371 e. The molecule has 3 nitrogen and oxygen atoms in total. The van der Waals surface area contributed by atoms with Gasteiger partial charge in [0.2, 0.25) is 0 Å². The van der Waals surface area contributed by atoms with Gasteiger partial charge in [-0.3, -0.25) is 0 Å². The fraction of sp³-hybridized carbons (Fsp3) is 0.444. The molecule has 5 heteroatoms. The summed E-state index contributed by atoms with van der Waals surface area (Å²) in [6.45, 7) is 2.47. The largest absolute Gasteiger partial charge is 0.371 e. The molecule has 1 aromatic heterocycles. The molecule has 78 valence electrons. The Bertz CT molecular complexity index is 328. The minimum atomic E-state index is -0.682. The molecule has 14 heavy (non-hydrogen) atoms. The predicted octanol–water partition coefficient (Wildman–Crippen LogP) is 1.86. The number of nitrogens with one attached hydrogen (secondary N) is 1. The van der Waals surface area contributed by atoms with Crippen molar-refractivity contribution in [3.8, 4) is 0 Å². The van der Waals surface area contributed by atoms with E-state index in [1.807, 2.05) is 6.92 Å². The van der Waals surface area contributed by atoms with Gasteiger partial charge in [-0.05, 0) is 6.92 Å². The number of aromatic nitrogens is 1. The van der Waals surface area contributed by atoms with E-state index >= 15 is 0 Å². The number of hydrogen-bond acceptors (Lipinski definition) is 3. The summed E-state index contributed by atoms with van der Waals surface area (Å²) in [6.07, 6.45) is 0. The van der Waals surface area contributed by atoms with Crippen molar-refractivity contribution in [2.24, 2.45) is 0 Å². The first kappa shape index (κ1) is 10.7. The predicted molar refractivity (Wildman–Crippen MR) is 52.6 cm³/mol. The Morgan fingerprint density at radius 1 is 1.43 bits per heavy atom. The molecule has 0 bridgehead atoms. The van der Waals surface area contributed by atoms with Crippen LogP contribution in [0, 0.1) is 11.6 Å². The van der Waals surface area contributed by atoms with Gasteiger partial charge in [-0.1, -0.05) is 0 Å². The molecule has 1 aromatic rings. The van der Waals surface area contributed by atoms with Crippen LogP contribution < -0.4 is 10.2 Å². The fourth-order valence-electron chi connectivity index (χ4n) is 1.05. The minimum absolute atomic E-state index is 0.0571. The molecular weight excluding hydrogens is 188 g/mol. The molecular formula is C9H13F2N3. The summed E-state index contributed by atoms with van der Waals surface area (Å²) in [6, 6.07) is 0.834. The highest BCUT2D eigenvalue weighted by Crippen LogP contribution is 2.20. The Hall–Kier alpha value is -1.39. The first-order valence-electron chi connectivity index (χ1n) is 4.35. The van der Waals surface area contributed by atoms with Gasteiger partial charge in [0.15, 0.2) is 23.3 Å². The third-order valence-electron chi connectivity index (χ3n) is 1.98. The number of nitrogens with zero attached hydrogens (tertiary/aromatic N) is 2. The molecule has 0 aromatic carbocycles. The number of hydrogen-bond donors (Lipinski definition) is 1. The van der Waals surface area contributed by atoms with Crippen LogP contribution in [0.25, 0.3) is 0 Å². The van der Waals surface area contributed by atoms with Crippen LogP contribution in [-0.2, 0) is 0 Å². The molecule has 0 fully saturated rings. The molecule has 1 N–H and O–H groups in total. The van der Waals surface area contributed by atoms with Gasteiger partial charge in [0.1, 0.15) is 0 Å². The number of pyridine rings is 1. The van der Waals surface area contributed by atoms with E-state index in [0.29, 0.717) is 6.54 Å². The molecule has 1 rings (SSSR count). The molecule has 0 aliphatic heterocycles. The van der Waals surface area contributed by atoms with E-state index in [1.54, 1.807) is 19.0 Å². The topological polar surface area (TPSA) is 28.2 Å². The van der Waals surface area contributed by atoms with Crippen LogP contribution in [0.3, 0.4) is 0 Å². The molecule has 0 aliphatic rings. The van der Waals surface area contributed by atoms with Crippen molar-refractivity contribution < 1.29 is 8.78 Å². The summed E-state index contributed by atoms with van der Waals surface area (Å²) in [4.78, 5) is 5.43. The Balaban J connectivity index is 3.17. The lowest BCUT2D eigenvalue weighted by Gasteiger charge is -2.17. The highest BCUT2D eigenvalue weighted by Gasteiger charge is 2.12. The zero-order valence-corrected chi connectivity index (χ0v) is 8.43. The molecule has 0 atom stereocenters. The van der Waals surface area contributed by atoms with Crippen LogP contribution in [0.5, 0.6) is 0 Å². The molecule has 0 saturated heterocycles. The zero-order valence-electron chi connectivity index (χ0n) is 8.43. The van der Waals surface area contributed by atoms with E-state index in [2.05, 4.69) is 10.3 Å². The highest BCUT2D eigenvalue weighted by atomic mass is 19.1. The van der Waals surface area contributed by atoms with Crippen molar-refractivity contribution >= 4 is 11.6 Å². The van der Waals surface area contributed by atoms with Crippen LogP contribution in [0.2, 0.25) is 0 Å².